The van der Waals surface area contributed by atoms with Crippen LogP contribution in [0.5, 0.6) is 0 Å². The summed E-state index contributed by atoms with van der Waals surface area (Å²) in [5.74, 6) is 1.17. The Bertz CT molecular complexity index is 1780. The highest BCUT2D eigenvalue weighted by molar-refractivity contribution is 6.25. The van der Waals surface area contributed by atoms with E-state index in [1.807, 2.05) is 61.6 Å². The molecule has 46 heavy (non-hydrogen) atoms. The number of halogens is 1. The molecule has 0 saturated heterocycles. The maximum atomic E-state index is 8.22. The van der Waals surface area contributed by atoms with Crippen molar-refractivity contribution in [3.05, 3.63) is 168 Å². The molecule has 6 heteroatoms. The van der Waals surface area contributed by atoms with Gasteiger partial charge in [0.15, 0.2) is 11.7 Å². The summed E-state index contributed by atoms with van der Waals surface area (Å²) in [6.45, 7) is 9.72. The lowest BCUT2D eigenvalue weighted by Crippen LogP contribution is -2.03. The second-order valence-electron chi connectivity index (χ2n) is 10.5. The lowest BCUT2D eigenvalue weighted by Gasteiger charge is -2.13. The van der Waals surface area contributed by atoms with Gasteiger partial charge in [0.25, 0.3) is 0 Å². The summed E-state index contributed by atoms with van der Waals surface area (Å²) in [6.07, 6.45) is 34.7. The van der Waals surface area contributed by atoms with Gasteiger partial charge in [-0.05, 0) is 67.0 Å². The molecule has 0 unspecified atom stereocenters. The molecule has 2 aliphatic carbocycles. The number of benzene rings is 1. The highest BCUT2D eigenvalue weighted by Crippen LogP contribution is 2.26. The van der Waals surface area contributed by atoms with E-state index in [2.05, 4.69) is 59.6 Å². The van der Waals surface area contributed by atoms with Gasteiger partial charge in [-0.1, -0.05) is 134 Å². The van der Waals surface area contributed by atoms with Crippen LogP contribution >= 0.6 is 11.6 Å². The van der Waals surface area contributed by atoms with Gasteiger partial charge in [-0.3, -0.25) is 5.41 Å². The van der Waals surface area contributed by atoms with Crippen LogP contribution in [0.2, 0.25) is 0 Å². The van der Waals surface area contributed by atoms with Crippen LogP contribution in [0.15, 0.2) is 150 Å². The quantitative estimate of drug-likeness (QED) is 0.154. The smallest absolute Gasteiger partial charge is 0.161 e. The topological polar surface area (TPSA) is 74.3 Å². The third-order valence-corrected chi connectivity index (χ3v) is 7.23. The van der Waals surface area contributed by atoms with Gasteiger partial charge in [0.1, 0.15) is 5.84 Å². The average molecular weight is 624 g/mol. The molecule has 1 aromatic heterocycles. The fourth-order valence-electron chi connectivity index (χ4n) is 4.61. The molecule has 230 valence electrons. The van der Waals surface area contributed by atoms with E-state index in [0.29, 0.717) is 11.7 Å². The van der Waals surface area contributed by atoms with E-state index in [9.17, 15) is 0 Å². The molecule has 0 fully saturated rings. The maximum absolute atomic E-state index is 8.22. The Kier molecular flexibility index (Phi) is 13.1. The molecule has 4 rings (SSSR count). The van der Waals surface area contributed by atoms with E-state index in [0.717, 1.165) is 64.9 Å². The Labute approximate surface area is 277 Å². The van der Waals surface area contributed by atoms with Gasteiger partial charge in [-0.2, -0.15) is 0 Å². The number of allylic oxidation sites excluding steroid dienone is 17. The van der Waals surface area contributed by atoms with Crippen LogP contribution < -0.4 is 0 Å². The second kappa shape index (κ2) is 17.9. The molecule has 0 atom stereocenters. The van der Waals surface area contributed by atoms with Crippen molar-refractivity contribution < 1.29 is 0 Å². The highest BCUT2D eigenvalue weighted by atomic mass is 35.5. The normalized spacial score (nSPS) is 16.1. The number of rotatable bonds is 11. The van der Waals surface area contributed by atoms with E-state index in [4.69, 9.17) is 27.0 Å². The van der Waals surface area contributed by atoms with Crippen LogP contribution in [0.4, 0.5) is 0 Å². The van der Waals surface area contributed by atoms with Crippen molar-refractivity contribution in [2.75, 3.05) is 0 Å². The van der Waals surface area contributed by atoms with Crippen molar-refractivity contribution >= 4 is 52.3 Å². The Morgan fingerprint density at radius 3 is 2.54 bits per heavy atom. The van der Waals surface area contributed by atoms with Gasteiger partial charge in [0, 0.05) is 22.9 Å². The van der Waals surface area contributed by atoms with Crippen molar-refractivity contribution in [3.63, 3.8) is 0 Å². The van der Waals surface area contributed by atoms with Crippen molar-refractivity contribution in [2.45, 2.75) is 32.6 Å². The Hall–Kier alpha value is -5.26. The molecule has 0 bridgehead atoms. The summed E-state index contributed by atoms with van der Waals surface area (Å²) in [6, 6.07) is 9.94. The molecule has 1 heterocycles. The van der Waals surface area contributed by atoms with E-state index < -0.39 is 0 Å². The zero-order valence-corrected chi connectivity index (χ0v) is 26.9. The van der Waals surface area contributed by atoms with Gasteiger partial charge in [-0.25, -0.2) is 20.0 Å². The van der Waals surface area contributed by atoms with E-state index >= 15 is 0 Å². The molecule has 0 aliphatic heterocycles. The summed E-state index contributed by atoms with van der Waals surface area (Å²) >= 11 is 5.77. The standard InChI is InChI=1S/C40H38ClN5/c1-4-6-22-38(42)46-39(43-29-32-16-9-7-10-17-32)35-25-23-31(24-26-35)18-13-21-33(5-2)40-44-36(30(3)15-14-27-41)28-37(45-40)34-19-11-8-12-20-34/h4-6,8-9,11,13-19,21-29,42H,1-2,7,10,12,20H2,3H3/b18-13+,22-6+,27-14+,30-15+,33-21+,42-38?,43-29+,46-39-. The van der Waals surface area contributed by atoms with Crippen LogP contribution in [0.3, 0.4) is 0 Å². The minimum atomic E-state index is 0.0955. The first-order valence-corrected chi connectivity index (χ1v) is 15.6. The lowest BCUT2D eigenvalue weighted by molar-refractivity contribution is 1.01. The fourth-order valence-corrected chi connectivity index (χ4v) is 4.68. The van der Waals surface area contributed by atoms with E-state index in [1.54, 1.807) is 36.6 Å². The molecular formula is C40H38ClN5. The van der Waals surface area contributed by atoms with Crippen LogP contribution in [0.1, 0.15) is 60.9 Å². The largest absolute Gasteiger partial charge is 0.283 e. The van der Waals surface area contributed by atoms with Crippen molar-refractivity contribution in [2.24, 2.45) is 9.98 Å². The number of hydrogen-bond acceptors (Lipinski definition) is 3. The highest BCUT2D eigenvalue weighted by Gasteiger charge is 2.12. The van der Waals surface area contributed by atoms with Crippen LogP contribution in [0.25, 0.3) is 22.8 Å². The predicted molar refractivity (Wildman–Crippen MR) is 199 cm³/mol. The van der Waals surface area contributed by atoms with Crippen LogP contribution in [0, 0.1) is 5.41 Å². The maximum Gasteiger partial charge on any atom is 0.161 e. The first kappa shape index (κ1) is 33.6. The van der Waals surface area contributed by atoms with Gasteiger partial charge in [-0.15, -0.1) is 0 Å². The van der Waals surface area contributed by atoms with Crippen molar-refractivity contribution in [3.8, 4) is 0 Å². The Morgan fingerprint density at radius 1 is 1.00 bits per heavy atom. The van der Waals surface area contributed by atoms with E-state index in [1.165, 1.54) is 11.1 Å². The van der Waals surface area contributed by atoms with Gasteiger partial charge < -0.3 is 0 Å². The number of aliphatic imine (C=N–C) groups is 2. The third kappa shape index (κ3) is 10.1. The SMILES string of the molecule is C=C/C=C/C(=N)/N=C(\N=C\C1=CCCC=C1)c1ccc(/C=C/C=C(\C=C)c2nc(C3=CC=CCC3)cc(/C(C)=C/C=C/Cl)n2)cc1. The first-order valence-electron chi connectivity index (χ1n) is 15.2. The van der Waals surface area contributed by atoms with Gasteiger partial charge in [0.2, 0.25) is 0 Å². The molecule has 0 spiro atoms. The Morgan fingerprint density at radius 2 is 1.85 bits per heavy atom. The Balaban J connectivity index is 1.60. The predicted octanol–water partition coefficient (Wildman–Crippen LogP) is 10.5. The molecule has 1 aromatic carbocycles. The molecule has 1 N–H and O–H groups in total. The third-order valence-electron chi connectivity index (χ3n) is 7.08. The molecule has 0 amide bonds. The summed E-state index contributed by atoms with van der Waals surface area (Å²) in [4.78, 5) is 18.9. The summed E-state index contributed by atoms with van der Waals surface area (Å²) in [7, 11) is 0. The number of aromatic nitrogens is 2. The number of hydrogen-bond donors (Lipinski definition) is 1. The van der Waals surface area contributed by atoms with Crippen LogP contribution in [-0.4, -0.2) is 27.9 Å². The number of nitrogens with one attached hydrogen (secondary N) is 1. The van der Waals surface area contributed by atoms with Gasteiger partial charge in [0.05, 0.1) is 11.4 Å². The fraction of sp³-hybridized carbons (Fsp3) is 0.125. The molecule has 2 aromatic rings. The van der Waals surface area contributed by atoms with Crippen molar-refractivity contribution in [1.82, 2.24) is 9.97 Å². The van der Waals surface area contributed by atoms with Gasteiger partial charge >= 0.3 is 0 Å². The second-order valence-corrected chi connectivity index (χ2v) is 10.7. The molecule has 0 radical (unpaired) electrons. The molecule has 2 aliphatic rings. The van der Waals surface area contributed by atoms with Crippen LogP contribution in [-0.2, 0) is 0 Å². The zero-order chi connectivity index (χ0) is 32.6. The monoisotopic (exact) mass is 623 g/mol. The van der Waals surface area contributed by atoms with E-state index in [-0.39, 0.29) is 5.84 Å². The van der Waals surface area contributed by atoms with Crippen molar-refractivity contribution in [1.29, 1.82) is 5.41 Å². The minimum absolute atomic E-state index is 0.0955. The molecule has 0 saturated carbocycles. The minimum Gasteiger partial charge on any atom is -0.283 e. The lowest BCUT2D eigenvalue weighted by atomic mass is 10.00. The summed E-state index contributed by atoms with van der Waals surface area (Å²) in [5, 5.41) is 8.22. The zero-order valence-electron chi connectivity index (χ0n) is 26.1. The summed E-state index contributed by atoms with van der Waals surface area (Å²) < 4.78 is 0. The first-order chi connectivity index (χ1) is 22.5. The number of amidine groups is 2. The summed E-state index contributed by atoms with van der Waals surface area (Å²) in [5.41, 5.74) is 9.03. The number of nitrogens with zero attached hydrogens (tertiary/aromatic N) is 4. The molecular weight excluding hydrogens is 586 g/mol. The molecule has 5 nitrogen and oxygen atoms in total. The average Bonchev–Trinajstić information content (AvgIpc) is 3.10.